The molecule has 198 valence electrons. The van der Waals surface area contributed by atoms with Crippen LogP contribution < -0.4 is 10.5 Å². The van der Waals surface area contributed by atoms with Crippen LogP contribution in [0.2, 0.25) is 0 Å². The Bertz CT molecular complexity index is 1050. The number of piperazine rings is 1. The third kappa shape index (κ3) is 5.04. The van der Waals surface area contributed by atoms with E-state index in [1.807, 2.05) is 4.90 Å². The number of ether oxygens (including phenoxy) is 1. The number of alkyl halides is 4. The Hall–Kier alpha value is -2.40. The Morgan fingerprint density at radius 1 is 1.08 bits per heavy atom. The molecular formula is C25H34F4N6O. The maximum absolute atomic E-state index is 12.8. The third-order valence-corrected chi connectivity index (χ3v) is 8.25. The van der Waals surface area contributed by atoms with E-state index in [1.54, 1.807) is 0 Å². The van der Waals surface area contributed by atoms with Crippen molar-refractivity contribution in [1.82, 2.24) is 24.6 Å². The van der Waals surface area contributed by atoms with Crippen LogP contribution in [0.4, 0.5) is 23.4 Å². The monoisotopic (exact) mass is 510 g/mol. The molecule has 5 rings (SSSR count). The van der Waals surface area contributed by atoms with Crippen molar-refractivity contribution >= 4 is 5.82 Å². The molecule has 0 spiro atoms. The molecule has 7 nitrogen and oxygen atoms in total. The number of fused-ring (bicyclic) bond motifs is 1. The third-order valence-electron chi connectivity index (χ3n) is 8.25. The van der Waals surface area contributed by atoms with Gasteiger partial charge in [-0.1, -0.05) is 6.92 Å². The lowest BCUT2D eigenvalue weighted by Crippen LogP contribution is -2.51. The highest BCUT2D eigenvalue weighted by atomic mass is 19.3. The van der Waals surface area contributed by atoms with Gasteiger partial charge in [0.15, 0.2) is 11.6 Å². The first kappa shape index (κ1) is 25.3. The normalized spacial score (nSPS) is 27.6. The summed E-state index contributed by atoms with van der Waals surface area (Å²) in [6.07, 6.45) is 2.41. The van der Waals surface area contributed by atoms with E-state index < -0.39 is 13.0 Å². The molecule has 2 aliphatic carbocycles. The molecule has 2 aromatic heterocycles. The molecular weight excluding hydrogens is 476 g/mol. The van der Waals surface area contributed by atoms with Gasteiger partial charge in [0.05, 0.1) is 12.2 Å². The molecule has 1 saturated heterocycles. The summed E-state index contributed by atoms with van der Waals surface area (Å²) in [6, 6.07) is 4.25. The maximum Gasteiger partial charge on any atom is 0.387 e. The van der Waals surface area contributed by atoms with E-state index in [0.29, 0.717) is 48.1 Å². The molecule has 3 heterocycles. The number of aromatic nitrogens is 3. The van der Waals surface area contributed by atoms with Gasteiger partial charge in [0.1, 0.15) is 0 Å². The summed E-state index contributed by atoms with van der Waals surface area (Å²) in [4.78, 5) is 8.37. The molecule has 0 bridgehead atoms. The highest BCUT2D eigenvalue weighted by Crippen LogP contribution is 2.64. The van der Waals surface area contributed by atoms with Crippen LogP contribution >= 0.6 is 0 Å². The number of pyridine rings is 1. The Labute approximate surface area is 208 Å². The van der Waals surface area contributed by atoms with E-state index >= 15 is 0 Å². The van der Waals surface area contributed by atoms with E-state index in [0.717, 1.165) is 32.4 Å². The molecule has 0 aromatic carbocycles. The number of anilines is 1. The van der Waals surface area contributed by atoms with Crippen LogP contribution in [0.3, 0.4) is 0 Å². The molecule has 3 aliphatic rings. The molecule has 2 N–H and O–H groups in total. The lowest BCUT2D eigenvalue weighted by atomic mass is 10.0. The number of nitrogen functional groups attached to an aromatic ring is 1. The van der Waals surface area contributed by atoms with Crippen LogP contribution in [0.5, 0.6) is 5.75 Å². The largest absolute Gasteiger partial charge is 0.431 e. The minimum absolute atomic E-state index is 0.0848. The zero-order valence-electron chi connectivity index (χ0n) is 20.7. The number of nitrogens with two attached hydrogens (primary N) is 1. The Balaban J connectivity index is 1.28. The average Bonchev–Trinajstić information content (AvgIpc) is 3.17. The summed E-state index contributed by atoms with van der Waals surface area (Å²) in [6.45, 7) is 4.25. The predicted molar refractivity (Wildman–Crippen MR) is 128 cm³/mol. The van der Waals surface area contributed by atoms with Gasteiger partial charge in [-0.15, -0.1) is 0 Å². The number of rotatable bonds is 9. The smallest absolute Gasteiger partial charge is 0.387 e. The van der Waals surface area contributed by atoms with E-state index in [-0.39, 0.29) is 24.2 Å². The highest BCUT2D eigenvalue weighted by molar-refractivity contribution is 5.64. The van der Waals surface area contributed by atoms with Crippen LogP contribution in [-0.2, 0) is 0 Å². The van der Waals surface area contributed by atoms with Gasteiger partial charge in [-0.3, -0.25) is 14.5 Å². The second-order valence-electron chi connectivity index (χ2n) is 10.3. The maximum atomic E-state index is 12.8. The first-order valence-electron chi connectivity index (χ1n) is 12.8. The summed E-state index contributed by atoms with van der Waals surface area (Å²) in [5, 5.41) is 4.85. The molecule has 1 aliphatic heterocycles. The Morgan fingerprint density at radius 2 is 1.78 bits per heavy atom. The summed E-state index contributed by atoms with van der Waals surface area (Å²) >= 11 is 0. The molecule has 2 aromatic rings. The highest BCUT2D eigenvalue weighted by Gasteiger charge is 2.58. The van der Waals surface area contributed by atoms with Gasteiger partial charge in [-0.25, -0.2) is 13.8 Å². The van der Waals surface area contributed by atoms with Crippen molar-refractivity contribution in [2.75, 3.05) is 38.5 Å². The van der Waals surface area contributed by atoms with E-state index in [4.69, 9.17) is 10.8 Å². The molecule has 2 saturated carbocycles. The van der Waals surface area contributed by atoms with Crippen molar-refractivity contribution in [3.05, 3.63) is 24.0 Å². The number of hydrogen-bond acceptors (Lipinski definition) is 6. The lowest BCUT2D eigenvalue weighted by molar-refractivity contribution is -0.0494. The van der Waals surface area contributed by atoms with Crippen molar-refractivity contribution in [3.8, 4) is 17.0 Å². The fourth-order valence-corrected chi connectivity index (χ4v) is 6.17. The van der Waals surface area contributed by atoms with Gasteiger partial charge in [0.2, 0.25) is 0 Å². The van der Waals surface area contributed by atoms with E-state index in [2.05, 4.69) is 39.2 Å². The second kappa shape index (κ2) is 10.2. The van der Waals surface area contributed by atoms with Crippen LogP contribution in [0.25, 0.3) is 11.3 Å². The summed E-state index contributed by atoms with van der Waals surface area (Å²) in [5.74, 6) is 1.36. The van der Waals surface area contributed by atoms with Gasteiger partial charge in [0.25, 0.3) is 6.43 Å². The summed E-state index contributed by atoms with van der Waals surface area (Å²) in [7, 11) is 0. The molecule has 11 heteroatoms. The fourth-order valence-electron chi connectivity index (χ4n) is 6.17. The number of halogens is 4. The minimum atomic E-state index is -2.98. The van der Waals surface area contributed by atoms with Crippen LogP contribution in [0.1, 0.15) is 50.8 Å². The second-order valence-corrected chi connectivity index (χ2v) is 10.3. The van der Waals surface area contributed by atoms with Gasteiger partial charge in [-0.05, 0) is 50.2 Å². The first-order chi connectivity index (χ1) is 17.2. The SMILES string of the molecule is CCC(C)n1nc(-c2cnc(N)c(OC(F)F)c2)cc1C1C2CC(N3CCN(CC(F)F)CC3)CC21. The zero-order chi connectivity index (χ0) is 25.6. The van der Waals surface area contributed by atoms with Gasteiger partial charge >= 0.3 is 6.61 Å². The Kier molecular flexibility index (Phi) is 7.13. The minimum Gasteiger partial charge on any atom is -0.431 e. The van der Waals surface area contributed by atoms with Gasteiger partial charge < -0.3 is 10.5 Å². The van der Waals surface area contributed by atoms with Crippen molar-refractivity contribution in [3.63, 3.8) is 0 Å². The van der Waals surface area contributed by atoms with Crippen molar-refractivity contribution in [2.45, 2.75) is 64.1 Å². The summed E-state index contributed by atoms with van der Waals surface area (Å²) < 4.78 is 57.5. The number of hydrogen-bond donors (Lipinski definition) is 1. The number of nitrogens with zero attached hydrogens (tertiary/aromatic N) is 5. The van der Waals surface area contributed by atoms with Crippen molar-refractivity contribution in [2.24, 2.45) is 11.8 Å². The lowest BCUT2D eigenvalue weighted by Gasteiger charge is -2.38. The van der Waals surface area contributed by atoms with E-state index in [1.165, 1.54) is 18.0 Å². The van der Waals surface area contributed by atoms with Crippen LogP contribution in [0, 0.1) is 11.8 Å². The topological polar surface area (TPSA) is 72.4 Å². The molecule has 3 unspecified atom stereocenters. The van der Waals surface area contributed by atoms with E-state index in [9.17, 15) is 17.6 Å². The molecule has 0 amide bonds. The predicted octanol–water partition coefficient (Wildman–Crippen LogP) is 4.47. The fraction of sp³-hybridized carbons (Fsp3) is 0.680. The molecule has 36 heavy (non-hydrogen) atoms. The Morgan fingerprint density at radius 3 is 2.39 bits per heavy atom. The average molecular weight is 511 g/mol. The van der Waals surface area contributed by atoms with Crippen molar-refractivity contribution in [1.29, 1.82) is 0 Å². The molecule has 3 atom stereocenters. The zero-order valence-corrected chi connectivity index (χ0v) is 20.7. The standard InChI is InChI=1S/C25H34F4N6O/c1-3-14(2)35-20(11-19(32-35)15-8-21(36-25(28)29)24(30)31-12-15)23-17-9-16(10-18(17)23)34-6-4-33(5-7-34)13-22(26)27/h8,11-12,14,16-18,22-23,25H,3-7,9-10,13H2,1-2H3,(H2,30,31). The van der Waals surface area contributed by atoms with Gasteiger partial charge in [-0.2, -0.15) is 13.9 Å². The summed E-state index contributed by atoms with van der Waals surface area (Å²) in [5.41, 5.74) is 8.16. The van der Waals surface area contributed by atoms with Crippen molar-refractivity contribution < 1.29 is 22.3 Å². The van der Waals surface area contributed by atoms with Crippen LogP contribution in [0.15, 0.2) is 18.3 Å². The van der Waals surface area contributed by atoms with Crippen LogP contribution in [-0.4, -0.2) is 76.4 Å². The first-order valence-corrected chi connectivity index (χ1v) is 12.8. The van der Waals surface area contributed by atoms with Gasteiger partial charge in [0, 0.05) is 61.6 Å². The molecule has 3 fully saturated rings. The molecule has 0 radical (unpaired) electrons. The quantitative estimate of drug-likeness (QED) is 0.502.